The molecule has 1 fully saturated rings. The smallest absolute Gasteiger partial charge is 0.119 e. The summed E-state index contributed by atoms with van der Waals surface area (Å²) in [5.74, 6) is 1.57. The molecule has 0 aliphatic carbocycles. The van der Waals surface area contributed by atoms with Crippen molar-refractivity contribution in [3.8, 4) is 5.75 Å². The van der Waals surface area contributed by atoms with Gasteiger partial charge in [-0.1, -0.05) is 22.9 Å². The van der Waals surface area contributed by atoms with Crippen molar-refractivity contribution in [3.05, 3.63) is 28.7 Å². The van der Waals surface area contributed by atoms with Crippen molar-refractivity contribution >= 4 is 15.9 Å². The van der Waals surface area contributed by atoms with Crippen LogP contribution in [0.1, 0.15) is 19.8 Å². The number of nitrogens with zero attached hydrogens (tertiary/aromatic N) is 1. The molecule has 2 nitrogen and oxygen atoms in total. The zero-order chi connectivity index (χ0) is 12.3. The Morgan fingerprint density at radius 2 is 2.00 bits per heavy atom. The molecule has 0 aromatic heterocycles. The molecule has 2 unspecified atom stereocenters. The van der Waals surface area contributed by atoms with E-state index in [1.807, 2.05) is 24.3 Å². The van der Waals surface area contributed by atoms with Crippen molar-refractivity contribution in [3.63, 3.8) is 0 Å². The SMILES string of the molecule is CC1CN(C)CCCC1Oc1ccc(Br)cc1. The topological polar surface area (TPSA) is 12.5 Å². The number of halogens is 1. The average molecular weight is 298 g/mol. The van der Waals surface area contributed by atoms with E-state index >= 15 is 0 Å². The summed E-state index contributed by atoms with van der Waals surface area (Å²) in [6.07, 6.45) is 2.73. The third kappa shape index (κ3) is 3.71. The Labute approximate surface area is 112 Å². The molecule has 1 aromatic rings. The second kappa shape index (κ2) is 5.87. The monoisotopic (exact) mass is 297 g/mol. The lowest BCUT2D eigenvalue weighted by Crippen LogP contribution is -2.30. The first-order valence-corrected chi connectivity index (χ1v) is 7.05. The summed E-state index contributed by atoms with van der Waals surface area (Å²) in [6.45, 7) is 4.59. The summed E-state index contributed by atoms with van der Waals surface area (Å²) in [6, 6.07) is 8.13. The van der Waals surface area contributed by atoms with Gasteiger partial charge in [0.25, 0.3) is 0 Å². The van der Waals surface area contributed by atoms with Gasteiger partial charge < -0.3 is 9.64 Å². The van der Waals surface area contributed by atoms with E-state index in [2.05, 4.69) is 34.8 Å². The molecule has 94 valence electrons. The van der Waals surface area contributed by atoms with Crippen molar-refractivity contribution in [1.29, 1.82) is 0 Å². The first-order chi connectivity index (χ1) is 8.15. The summed E-state index contributed by atoms with van der Waals surface area (Å²) < 4.78 is 7.20. The Hall–Kier alpha value is -0.540. The molecule has 1 aliphatic heterocycles. The molecule has 0 amide bonds. The van der Waals surface area contributed by atoms with Gasteiger partial charge in [0.2, 0.25) is 0 Å². The van der Waals surface area contributed by atoms with Gasteiger partial charge in [0.1, 0.15) is 11.9 Å². The number of hydrogen-bond acceptors (Lipinski definition) is 2. The van der Waals surface area contributed by atoms with E-state index in [1.54, 1.807) is 0 Å². The van der Waals surface area contributed by atoms with Crippen LogP contribution in [0, 0.1) is 5.92 Å². The maximum Gasteiger partial charge on any atom is 0.119 e. The predicted molar refractivity (Wildman–Crippen MR) is 74.5 cm³/mol. The maximum absolute atomic E-state index is 6.10. The van der Waals surface area contributed by atoms with E-state index in [-0.39, 0.29) is 0 Å². The third-order valence-corrected chi connectivity index (χ3v) is 3.89. The van der Waals surface area contributed by atoms with E-state index in [9.17, 15) is 0 Å². The fraction of sp³-hybridized carbons (Fsp3) is 0.571. The van der Waals surface area contributed by atoms with E-state index in [4.69, 9.17) is 4.74 Å². The van der Waals surface area contributed by atoms with Crippen LogP contribution < -0.4 is 4.74 Å². The van der Waals surface area contributed by atoms with Crippen LogP contribution in [-0.4, -0.2) is 31.1 Å². The maximum atomic E-state index is 6.10. The third-order valence-electron chi connectivity index (χ3n) is 3.36. The lowest BCUT2D eigenvalue weighted by molar-refractivity contribution is 0.131. The highest BCUT2D eigenvalue weighted by molar-refractivity contribution is 9.10. The van der Waals surface area contributed by atoms with Gasteiger partial charge in [0, 0.05) is 16.9 Å². The van der Waals surface area contributed by atoms with Crippen molar-refractivity contribution in [1.82, 2.24) is 4.90 Å². The van der Waals surface area contributed by atoms with Crippen LogP contribution >= 0.6 is 15.9 Å². The molecule has 1 aliphatic rings. The highest BCUT2D eigenvalue weighted by Gasteiger charge is 2.23. The lowest BCUT2D eigenvalue weighted by atomic mass is 10.0. The average Bonchev–Trinajstić information content (AvgIpc) is 2.44. The van der Waals surface area contributed by atoms with Gasteiger partial charge in [-0.15, -0.1) is 0 Å². The van der Waals surface area contributed by atoms with Gasteiger partial charge in [-0.05, 0) is 50.7 Å². The van der Waals surface area contributed by atoms with Crippen LogP contribution in [0.2, 0.25) is 0 Å². The molecule has 2 atom stereocenters. The van der Waals surface area contributed by atoms with Crippen LogP contribution in [-0.2, 0) is 0 Å². The summed E-state index contributed by atoms with van der Waals surface area (Å²) in [7, 11) is 2.19. The highest BCUT2D eigenvalue weighted by Crippen LogP contribution is 2.23. The number of hydrogen-bond donors (Lipinski definition) is 0. The molecule has 0 radical (unpaired) electrons. The summed E-state index contributed by atoms with van der Waals surface area (Å²) in [4.78, 5) is 2.40. The molecule has 0 bridgehead atoms. The Morgan fingerprint density at radius 3 is 2.71 bits per heavy atom. The van der Waals surface area contributed by atoms with E-state index in [1.165, 1.54) is 13.0 Å². The Balaban J connectivity index is 1.99. The first kappa shape index (κ1) is 12.9. The van der Waals surface area contributed by atoms with Crippen LogP contribution in [0.15, 0.2) is 28.7 Å². The van der Waals surface area contributed by atoms with Crippen molar-refractivity contribution in [2.45, 2.75) is 25.9 Å². The van der Waals surface area contributed by atoms with Gasteiger partial charge in [0.05, 0.1) is 0 Å². The Morgan fingerprint density at radius 1 is 1.29 bits per heavy atom. The second-order valence-corrected chi connectivity index (χ2v) is 5.91. The van der Waals surface area contributed by atoms with Gasteiger partial charge in [-0.3, -0.25) is 0 Å². The standard InChI is InChI=1S/C14H20BrNO/c1-11-10-16(2)9-3-4-14(11)17-13-7-5-12(15)6-8-13/h5-8,11,14H,3-4,9-10H2,1-2H3. The molecular weight excluding hydrogens is 278 g/mol. The molecule has 3 heteroatoms. The fourth-order valence-electron chi connectivity index (χ4n) is 2.41. The number of ether oxygens (including phenoxy) is 1. The van der Waals surface area contributed by atoms with Crippen LogP contribution in [0.3, 0.4) is 0 Å². The molecule has 0 saturated carbocycles. The minimum Gasteiger partial charge on any atom is -0.490 e. The fourth-order valence-corrected chi connectivity index (χ4v) is 2.67. The van der Waals surface area contributed by atoms with Gasteiger partial charge in [-0.2, -0.15) is 0 Å². The summed E-state index contributed by atoms with van der Waals surface area (Å²) in [5.41, 5.74) is 0. The lowest BCUT2D eigenvalue weighted by Gasteiger charge is -2.24. The zero-order valence-corrected chi connectivity index (χ0v) is 12.1. The van der Waals surface area contributed by atoms with Crippen molar-refractivity contribution in [2.24, 2.45) is 5.92 Å². The van der Waals surface area contributed by atoms with Gasteiger partial charge in [-0.25, -0.2) is 0 Å². The highest BCUT2D eigenvalue weighted by atomic mass is 79.9. The van der Waals surface area contributed by atoms with Gasteiger partial charge in [0.15, 0.2) is 0 Å². The van der Waals surface area contributed by atoms with Crippen molar-refractivity contribution < 1.29 is 4.74 Å². The summed E-state index contributed by atoms with van der Waals surface area (Å²) >= 11 is 3.44. The Kier molecular flexibility index (Phi) is 4.46. The number of rotatable bonds is 2. The summed E-state index contributed by atoms with van der Waals surface area (Å²) in [5, 5.41) is 0. The molecule has 0 N–H and O–H groups in total. The molecule has 1 saturated heterocycles. The molecule has 0 spiro atoms. The zero-order valence-electron chi connectivity index (χ0n) is 10.5. The largest absolute Gasteiger partial charge is 0.490 e. The molecule has 1 heterocycles. The van der Waals surface area contributed by atoms with E-state index in [0.29, 0.717) is 12.0 Å². The molecule has 2 rings (SSSR count). The minimum atomic E-state index is 0.348. The van der Waals surface area contributed by atoms with Gasteiger partial charge >= 0.3 is 0 Å². The van der Waals surface area contributed by atoms with E-state index in [0.717, 1.165) is 23.2 Å². The molecule has 17 heavy (non-hydrogen) atoms. The number of benzene rings is 1. The quantitative estimate of drug-likeness (QED) is 0.828. The molecule has 1 aromatic carbocycles. The van der Waals surface area contributed by atoms with Crippen molar-refractivity contribution in [2.75, 3.05) is 20.1 Å². The van der Waals surface area contributed by atoms with Crippen LogP contribution in [0.25, 0.3) is 0 Å². The second-order valence-electron chi connectivity index (χ2n) is 4.99. The minimum absolute atomic E-state index is 0.348. The Bertz CT molecular complexity index is 352. The predicted octanol–water partition coefficient (Wildman–Crippen LogP) is 3.56. The van der Waals surface area contributed by atoms with E-state index < -0.39 is 0 Å². The first-order valence-electron chi connectivity index (χ1n) is 6.26. The van der Waals surface area contributed by atoms with Crippen LogP contribution in [0.5, 0.6) is 5.75 Å². The number of likely N-dealkylation sites (tertiary alicyclic amines) is 1. The van der Waals surface area contributed by atoms with Crippen LogP contribution in [0.4, 0.5) is 0 Å². The normalized spacial score (nSPS) is 26.5. The molecular formula is C14H20BrNO.